The molecule has 2 heterocycles. The number of anilines is 1. The van der Waals surface area contributed by atoms with Crippen LogP contribution in [0.3, 0.4) is 0 Å². The quantitative estimate of drug-likeness (QED) is 0.545. The van der Waals surface area contributed by atoms with Crippen molar-refractivity contribution >= 4 is 28.5 Å². The number of amides is 2. The Morgan fingerprint density at radius 1 is 1.19 bits per heavy atom. The van der Waals surface area contributed by atoms with E-state index in [0.717, 1.165) is 29.7 Å². The van der Waals surface area contributed by atoms with Crippen molar-refractivity contribution < 1.29 is 18.7 Å². The highest BCUT2D eigenvalue weighted by Gasteiger charge is 2.23. The topological polar surface area (TPSA) is 85.2 Å². The first-order valence-corrected chi connectivity index (χ1v) is 10.5. The molecule has 0 aliphatic carbocycles. The van der Waals surface area contributed by atoms with E-state index in [4.69, 9.17) is 4.74 Å². The lowest BCUT2D eigenvalue weighted by molar-refractivity contribution is -0.130. The van der Waals surface area contributed by atoms with Crippen molar-refractivity contribution in [2.24, 2.45) is 0 Å². The van der Waals surface area contributed by atoms with Crippen LogP contribution in [-0.2, 0) is 27.3 Å². The van der Waals surface area contributed by atoms with E-state index in [-0.39, 0.29) is 24.5 Å². The van der Waals surface area contributed by atoms with Gasteiger partial charge in [0.1, 0.15) is 24.3 Å². The average molecular weight is 424 g/mol. The van der Waals surface area contributed by atoms with Crippen LogP contribution in [0, 0.1) is 5.82 Å². The zero-order chi connectivity index (χ0) is 21.6. The summed E-state index contributed by atoms with van der Waals surface area (Å²) in [7, 11) is 0. The van der Waals surface area contributed by atoms with Gasteiger partial charge in [-0.2, -0.15) is 0 Å². The monoisotopic (exact) mass is 424 g/mol. The molecule has 2 N–H and O–H groups in total. The Morgan fingerprint density at radius 2 is 2.06 bits per heavy atom. The van der Waals surface area contributed by atoms with Crippen LogP contribution in [0.5, 0.6) is 0 Å². The molecule has 2 aromatic carbocycles. The molecule has 1 saturated heterocycles. The molecule has 4 rings (SSSR count). The third-order valence-corrected chi connectivity index (χ3v) is 5.24. The third-order valence-electron chi connectivity index (χ3n) is 5.24. The number of benzene rings is 2. The maximum absolute atomic E-state index is 13.4. The standard InChI is InChI=1S/C23H25FN4O3/c24-16-6-3-7-17(14-16)26-22(29)15-28-19-9-2-1-8-18(19)27-21(28)11-4-12-25-23(30)20-10-5-13-31-20/h1-3,6-9,14,20H,4-5,10-13,15H2,(H,25,30)(H,26,29). The van der Waals surface area contributed by atoms with Gasteiger partial charge in [0.05, 0.1) is 11.0 Å². The Bertz CT molecular complexity index is 1080. The zero-order valence-corrected chi connectivity index (χ0v) is 17.1. The molecule has 162 valence electrons. The highest BCUT2D eigenvalue weighted by molar-refractivity contribution is 5.91. The number of fused-ring (bicyclic) bond motifs is 1. The van der Waals surface area contributed by atoms with Crippen LogP contribution in [-0.4, -0.2) is 40.6 Å². The summed E-state index contributed by atoms with van der Waals surface area (Å²) < 4.78 is 20.7. The summed E-state index contributed by atoms with van der Waals surface area (Å²) in [6, 6.07) is 13.4. The van der Waals surface area contributed by atoms with Crippen molar-refractivity contribution in [2.45, 2.75) is 38.3 Å². The summed E-state index contributed by atoms with van der Waals surface area (Å²) in [5.74, 6) is 0.0285. The van der Waals surface area contributed by atoms with Crippen LogP contribution in [0.25, 0.3) is 11.0 Å². The normalized spacial score (nSPS) is 15.8. The molecule has 8 heteroatoms. The fourth-order valence-corrected chi connectivity index (χ4v) is 3.76. The number of carbonyl (C=O) groups is 2. The second-order valence-electron chi connectivity index (χ2n) is 7.56. The Balaban J connectivity index is 1.40. The number of aromatic nitrogens is 2. The van der Waals surface area contributed by atoms with E-state index >= 15 is 0 Å². The summed E-state index contributed by atoms with van der Waals surface area (Å²) >= 11 is 0. The van der Waals surface area contributed by atoms with Gasteiger partial charge in [0, 0.05) is 25.3 Å². The minimum Gasteiger partial charge on any atom is -0.368 e. The van der Waals surface area contributed by atoms with Crippen LogP contribution in [0.15, 0.2) is 48.5 Å². The van der Waals surface area contributed by atoms with Crippen molar-refractivity contribution in [1.82, 2.24) is 14.9 Å². The molecule has 1 aromatic heterocycles. The third kappa shape index (κ3) is 5.27. The largest absolute Gasteiger partial charge is 0.368 e. The van der Waals surface area contributed by atoms with Gasteiger partial charge in [0.15, 0.2) is 0 Å². The first-order valence-electron chi connectivity index (χ1n) is 10.5. The summed E-state index contributed by atoms with van der Waals surface area (Å²) in [5.41, 5.74) is 2.07. The number of carbonyl (C=O) groups excluding carboxylic acids is 2. The van der Waals surface area contributed by atoms with Crippen LogP contribution < -0.4 is 10.6 Å². The lowest BCUT2D eigenvalue weighted by atomic mass is 10.2. The number of halogens is 1. The molecule has 0 spiro atoms. The van der Waals surface area contributed by atoms with Gasteiger partial charge in [-0.25, -0.2) is 9.37 Å². The second-order valence-corrected chi connectivity index (χ2v) is 7.56. The van der Waals surface area contributed by atoms with Crippen molar-refractivity contribution in [3.8, 4) is 0 Å². The number of hydrogen-bond acceptors (Lipinski definition) is 4. The number of ether oxygens (including phenoxy) is 1. The molecule has 1 unspecified atom stereocenters. The first kappa shape index (κ1) is 21.0. The van der Waals surface area contributed by atoms with Crippen LogP contribution in [0.2, 0.25) is 0 Å². The molecule has 1 atom stereocenters. The van der Waals surface area contributed by atoms with Gasteiger partial charge in [-0.1, -0.05) is 18.2 Å². The summed E-state index contributed by atoms with van der Waals surface area (Å²) in [6.45, 7) is 1.21. The number of para-hydroxylation sites is 2. The molecule has 1 aliphatic rings. The van der Waals surface area contributed by atoms with Gasteiger partial charge < -0.3 is 19.9 Å². The molecule has 2 amide bonds. The number of nitrogens with one attached hydrogen (secondary N) is 2. The van der Waals surface area contributed by atoms with E-state index in [0.29, 0.717) is 31.7 Å². The van der Waals surface area contributed by atoms with Crippen LogP contribution in [0.4, 0.5) is 10.1 Å². The van der Waals surface area contributed by atoms with Crippen LogP contribution >= 0.6 is 0 Å². The number of rotatable bonds is 8. The molecular weight excluding hydrogens is 399 g/mol. The predicted molar refractivity (Wildman–Crippen MR) is 115 cm³/mol. The second kappa shape index (κ2) is 9.70. The van der Waals surface area contributed by atoms with Gasteiger partial charge in [-0.05, 0) is 49.6 Å². The number of hydrogen-bond donors (Lipinski definition) is 2. The van der Waals surface area contributed by atoms with Crippen molar-refractivity contribution in [3.63, 3.8) is 0 Å². The molecule has 0 bridgehead atoms. The van der Waals surface area contributed by atoms with Crippen molar-refractivity contribution in [1.29, 1.82) is 0 Å². The fourth-order valence-electron chi connectivity index (χ4n) is 3.76. The van der Waals surface area contributed by atoms with Gasteiger partial charge in [0.25, 0.3) is 0 Å². The molecule has 0 saturated carbocycles. The lowest BCUT2D eigenvalue weighted by Crippen LogP contribution is -2.34. The molecule has 1 aliphatic heterocycles. The molecular formula is C23H25FN4O3. The maximum Gasteiger partial charge on any atom is 0.249 e. The number of aryl methyl sites for hydroxylation is 1. The van der Waals surface area contributed by atoms with Crippen molar-refractivity contribution in [3.05, 3.63) is 60.2 Å². The maximum atomic E-state index is 13.4. The van der Waals surface area contributed by atoms with Gasteiger partial charge >= 0.3 is 0 Å². The molecule has 0 radical (unpaired) electrons. The molecule has 7 nitrogen and oxygen atoms in total. The number of nitrogens with zero attached hydrogens (tertiary/aromatic N) is 2. The molecule has 3 aromatic rings. The summed E-state index contributed by atoms with van der Waals surface area (Å²) in [5, 5.41) is 5.64. The Kier molecular flexibility index (Phi) is 6.57. The van der Waals surface area contributed by atoms with E-state index in [1.54, 1.807) is 12.1 Å². The van der Waals surface area contributed by atoms with E-state index in [2.05, 4.69) is 15.6 Å². The Morgan fingerprint density at radius 3 is 2.87 bits per heavy atom. The lowest BCUT2D eigenvalue weighted by Gasteiger charge is -2.12. The minimum absolute atomic E-state index is 0.0641. The predicted octanol–water partition coefficient (Wildman–Crippen LogP) is 3.04. The van der Waals surface area contributed by atoms with Gasteiger partial charge in [0.2, 0.25) is 11.8 Å². The number of imidazole rings is 1. The molecule has 1 fully saturated rings. The average Bonchev–Trinajstić information content (AvgIpc) is 3.40. The Labute approximate surface area is 179 Å². The SMILES string of the molecule is O=C(Cn1c(CCCNC(=O)C2CCCO2)nc2ccccc21)Nc1cccc(F)c1. The van der Waals surface area contributed by atoms with E-state index in [1.807, 2.05) is 28.8 Å². The minimum atomic E-state index is -0.406. The summed E-state index contributed by atoms with van der Waals surface area (Å²) in [6.07, 6.45) is 2.64. The van der Waals surface area contributed by atoms with Crippen molar-refractivity contribution in [2.75, 3.05) is 18.5 Å². The van der Waals surface area contributed by atoms with E-state index < -0.39 is 5.82 Å². The van der Waals surface area contributed by atoms with E-state index in [9.17, 15) is 14.0 Å². The molecule has 31 heavy (non-hydrogen) atoms. The van der Waals surface area contributed by atoms with E-state index in [1.165, 1.54) is 12.1 Å². The Hall–Kier alpha value is -3.26. The highest BCUT2D eigenvalue weighted by atomic mass is 19.1. The first-order chi connectivity index (χ1) is 15.1. The van der Waals surface area contributed by atoms with Gasteiger partial charge in [-0.3, -0.25) is 9.59 Å². The van der Waals surface area contributed by atoms with Gasteiger partial charge in [-0.15, -0.1) is 0 Å². The fraction of sp³-hybridized carbons (Fsp3) is 0.348. The highest BCUT2D eigenvalue weighted by Crippen LogP contribution is 2.18. The summed E-state index contributed by atoms with van der Waals surface area (Å²) in [4.78, 5) is 29.3. The zero-order valence-electron chi connectivity index (χ0n) is 17.1. The van der Waals surface area contributed by atoms with Crippen LogP contribution in [0.1, 0.15) is 25.1 Å². The smallest absolute Gasteiger partial charge is 0.249 e.